The van der Waals surface area contributed by atoms with Crippen LogP contribution in [0.2, 0.25) is 0 Å². The topological polar surface area (TPSA) is 90.1 Å². The molecular weight excluding hydrogens is 411 g/mol. The highest BCUT2D eigenvalue weighted by atomic mass is 19.1. The van der Waals surface area contributed by atoms with Gasteiger partial charge >= 0.3 is 5.69 Å². The summed E-state index contributed by atoms with van der Waals surface area (Å²) in [5.41, 5.74) is 3.99. The van der Waals surface area contributed by atoms with Crippen molar-refractivity contribution < 1.29 is 9.13 Å². The minimum absolute atomic E-state index is 0.214. The molecule has 9 heteroatoms. The van der Waals surface area contributed by atoms with Gasteiger partial charge < -0.3 is 9.72 Å². The second kappa shape index (κ2) is 7.01. The zero-order valence-corrected chi connectivity index (χ0v) is 17.2. The Kier molecular flexibility index (Phi) is 4.11. The third kappa shape index (κ3) is 2.74. The number of para-hydroxylation sites is 1. The van der Waals surface area contributed by atoms with E-state index in [0.717, 1.165) is 23.3 Å². The number of ether oxygens (including phenoxy) is 1. The monoisotopic (exact) mass is 430 g/mol. The van der Waals surface area contributed by atoms with Crippen LogP contribution < -0.4 is 10.4 Å². The lowest BCUT2D eigenvalue weighted by molar-refractivity contribution is 0.254. The molecule has 0 aliphatic carbocycles. The lowest BCUT2D eigenvalue weighted by Crippen LogP contribution is -2.28. The smallest absolute Gasteiger partial charge is 0.328 e. The first-order valence-corrected chi connectivity index (χ1v) is 10.5. The molecule has 8 nitrogen and oxygen atoms in total. The molecule has 5 heterocycles. The Hall–Kier alpha value is -4.01. The van der Waals surface area contributed by atoms with Gasteiger partial charge in [0.05, 0.1) is 25.0 Å². The van der Waals surface area contributed by atoms with Gasteiger partial charge in [-0.25, -0.2) is 24.1 Å². The largest absolute Gasteiger partial charge is 0.493 e. The molecule has 160 valence electrons. The van der Waals surface area contributed by atoms with E-state index in [-0.39, 0.29) is 17.5 Å². The summed E-state index contributed by atoms with van der Waals surface area (Å²) in [6.45, 7) is 2.59. The van der Waals surface area contributed by atoms with Gasteiger partial charge in [-0.05, 0) is 24.1 Å². The Bertz CT molecular complexity index is 1550. The maximum Gasteiger partial charge on any atom is 0.328 e. The van der Waals surface area contributed by atoms with Crippen LogP contribution in [0.3, 0.4) is 0 Å². The molecule has 0 radical (unpaired) electrons. The number of hydrogen-bond acceptors (Lipinski definition) is 5. The van der Waals surface area contributed by atoms with E-state index in [2.05, 4.69) is 21.9 Å². The van der Waals surface area contributed by atoms with Crippen LogP contribution in [0.15, 0.2) is 53.7 Å². The molecule has 0 amide bonds. The molecule has 6 rings (SSSR count). The maximum absolute atomic E-state index is 13.8. The number of nitrogens with one attached hydrogen (secondary N) is 1. The molecule has 32 heavy (non-hydrogen) atoms. The number of aromatic nitrogens is 6. The van der Waals surface area contributed by atoms with Crippen molar-refractivity contribution in [3.8, 4) is 17.3 Å². The van der Waals surface area contributed by atoms with E-state index in [9.17, 15) is 9.18 Å². The van der Waals surface area contributed by atoms with Gasteiger partial charge in [0.15, 0.2) is 11.5 Å². The van der Waals surface area contributed by atoms with Crippen molar-refractivity contribution in [3.05, 3.63) is 76.4 Å². The number of H-pyrrole nitrogens is 1. The Morgan fingerprint density at radius 3 is 3.00 bits per heavy atom. The summed E-state index contributed by atoms with van der Waals surface area (Å²) in [5.74, 6) is 0.818. The predicted octanol–water partition coefficient (Wildman–Crippen LogP) is 3.51. The van der Waals surface area contributed by atoms with Crippen molar-refractivity contribution in [1.82, 2.24) is 28.9 Å². The molecular formula is C23H19FN6O2. The summed E-state index contributed by atoms with van der Waals surface area (Å²) in [4.78, 5) is 29.3. The summed E-state index contributed by atoms with van der Waals surface area (Å²) >= 11 is 0. The Morgan fingerprint density at radius 1 is 1.22 bits per heavy atom. The fourth-order valence-corrected chi connectivity index (χ4v) is 4.47. The zero-order valence-electron chi connectivity index (χ0n) is 17.2. The van der Waals surface area contributed by atoms with Crippen molar-refractivity contribution in [2.75, 3.05) is 6.61 Å². The van der Waals surface area contributed by atoms with E-state index < -0.39 is 0 Å². The molecule has 0 saturated carbocycles. The number of pyridine rings is 1. The highest BCUT2D eigenvalue weighted by Crippen LogP contribution is 2.38. The van der Waals surface area contributed by atoms with Crippen LogP contribution in [-0.2, 0) is 6.42 Å². The number of hydrogen-bond donors (Lipinski definition) is 1. The van der Waals surface area contributed by atoms with E-state index in [0.29, 0.717) is 41.4 Å². The van der Waals surface area contributed by atoms with Gasteiger partial charge in [-0.1, -0.05) is 25.1 Å². The van der Waals surface area contributed by atoms with E-state index in [1.807, 2.05) is 18.2 Å². The van der Waals surface area contributed by atoms with Crippen molar-refractivity contribution in [2.45, 2.75) is 25.8 Å². The van der Waals surface area contributed by atoms with Crippen LogP contribution in [0, 0.1) is 5.82 Å². The second-order valence-corrected chi connectivity index (χ2v) is 7.79. The molecule has 0 bridgehead atoms. The van der Waals surface area contributed by atoms with Crippen LogP contribution in [0.1, 0.15) is 30.5 Å². The van der Waals surface area contributed by atoms with E-state index >= 15 is 0 Å². The summed E-state index contributed by atoms with van der Waals surface area (Å²) in [6.07, 6.45) is 6.01. The van der Waals surface area contributed by atoms with Gasteiger partial charge in [0, 0.05) is 18.2 Å². The molecule has 0 fully saturated rings. The number of imidazole rings is 2. The van der Waals surface area contributed by atoms with Gasteiger partial charge in [0.25, 0.3) is 0 Å². The van der Waals surface area contributed by atoms with Crippen molar-refractivity contribution in [1.29, 1.82) is 0 Å². The average Bonchev–Trinajstić information content (AvgIpc) is 3.37. The number of rotatable bonds is 3. The summed E-state index contributed by atoms with van der Waals surface area (Å²) < 4.78 is 23.1. The minimum Gasteiger partial charge on any atom is -0.493 e. The number of fused-ring (bicyclic) bond motifs is 3. The van der Waals surface area contributed by atoms with Gasteiger partial charge in [-0.15, -0.1) is 0 Å². The van der Waals surface area contributed by atoms with E-state index in [1.165, 1.54) is 12.3 Å². The molecule has 1 N–H and O–H groups in total. The first-order chi connectivity index (χ1) is 15.6. The Morgan fingerprint density at radius 2 is 2.12 bits per heavy atom. The quantitative estimate of drug-likeness (QED) is 0.473. The fourth-order valence-electron chi connectivity index (χ4n) is 4.47. The maximum atomic E-state index is 13.8. The lowest BCUT2D eigenvalue weighted by Gasteiger charge is -2.28. The van der Waals surface area contributed by atoms with Crippen LogP contribution >= 0.6 is 0 Å². The van der Waals surface area contributed by atoms with Crippen molar-refractivity contribution in [3.63, 3.8) is 0 Å². The lowest BCUT2D eigenvalue weighted by atomic mass is 9.96. The Balaban J connectivity index is 1.55. The second-order valence-electron chi connectivity index (χ2n) is 7.79. The van der Waals surface area contributed by atoms with Gasteiger partial charge in [-0.3, -0.25) is 8.97 Å². The molecule has 1 aliphatic rings. The average molecular weight is 430 g/mol. The molecule has 0 spiro atoms. The third-order valence-electron chi connectivity index (χ3n) is 5.97. The van der Waals surface area contributed by atoms with Crippen LogP contribution in [0.5, 0.6) is 5.75 Å². The van der Waals surface area contributed by atoms with E-state index in [1.54, 1.807) is 27.4 Å². The molecule has 5 aromatic rings. The van der Waals surface area contributed by atoms with Gasteiger partial charge in [0.2, 0.25) is 0 Å². The normalized spacial score (nSPS) is 15.8. The standard InChI is InChI=1S/C23H19FN6O2/c1-2-13-4-3-5-15-17(8-9-32-20(13)15)30-22-16(27-23(30)31)10-26-21(28-22)18-11-25-19-7-6-14(24)12-29(18)19/h3-7,10-12,17H,2,8-9H2,1H3,(H,27,31)/t17-/m1/s1. The zero-order chi connectivity index (χ0) is 21.8. The highest BCUT2D eigenvalue weighted by molar-refractivity contribution is 5.73. The molecule has 1 aromatic carbocycles. The van der Waals surface area contributed by atoms with Gasteiger partial charge in [0.1, 0.15) is 28.4 Å². The Labute approximate surface area is 181 Å². The van der Waals surface area contributed by atoms with Crippen molar-refractivity contribution in [2.24, 2.45) is 0 Å². The van der Waals surface area contributed by atoms with Crippen LogP contribution in [0.4, 0.5) is 4.39 Å². The fraction of sp³-hybridized carbons (Fsp3) is 0.217. The number of benzene rings is 1. The minimum atomic E-state index is -0.387. The number of aromatic amines is 1. The van der Waals surface area contributed by atoms with Crippen LogP contribution in [0.25, 0.3) is 28.3 Å². The van der Waals surface area contributed by atoms with E-state index in [4.69, 9.17) is 9.72 Å². The van der Waals surface area contributed by atoms with Crippen molar-refractivity contribution >= 4 is 16.8 Å². The highest BCUT2D eigenvalue weighted by Gasteiger charge is 2.28. The predicted molar refractivity (Wildman–Crippen MR) is 116 cm³/mol. The first-order valence-electron chi connectivity index (χ1n) is 10.5. The number of aryl methyl sites for hydroxylation is 1. The molecule has 0 saturated heterocycles. The summed E-state index contributed by atoms with van der Waals surface area (Å²) in [6, 6.07) is 8.77. The molecule has 0 unspecified atom stereocenters. The molecule has 1 atom stereocenters. The summed E-state index contributed by atoms with van der Waals surface area (Å²) in [5, 5.41) is 0. The van der Waals surface area contributed by atoms with Crippen LogP contribution in [-0.4, -0.2) is 35.5 Å². The van der Waals surface area contributed by atoms with Gasteiger partial charge in [-0.2, -0.15) is 0 Å². The molecule has 1 aliphatic heterocycles. The third-order valence-corrected chi connectivity index (χ3v) is 5.97. The SMILES string of the molecule is CCc1cccc2c1OCC[C@H]2n1c(=O)[nH]c2cnc(-c3cnc4ccc(F)cn34)nc21. The first kappa shape index (κ1) is 18.7. The number of halogens is 1. The molecule has 4 aromatic heterocycles. The number of nitrogens with zero attached hydrogens (tertiary/aromatic N) is 5. The summed E-state index contributed by atoms with van der Waals surface area (Å²) in [7, 11) is 0.